The molecule has 1 rings (SSSR count). The van der Waals surface area contributed by atoms with Crippen LogP contribution in [0.4, 0.5) is 0 Å². The van der Waals surface area contributed by atoms with E-state index < -0.39 is 11.4 Å². The Balaban J connectivity index is 2.83. The van der Waals surface area contributed by atoms with Gasteiger partial charge in [0.2, 0.25) is 5.91 Å². The maximum atomic E-state index is 12.0. The van der Waals surface area contributed by atoms with Gasteiger partial charge in [0.1, 0.15) is 17.1 Å². The van der Waals surface area contributed by atoms with Crippen LogP contribution in [0.3, 0.4) is 0 Å². The molecule has 1 aromatic rings. The Labute approximate surface area is 106 Å². The fourth-order valence-corrected chi connectivity index (χ4v) is 1.71. The van der Waals surface area contributed by atoms with Crippen molar-refractivity contribution in [1.82, 2.24) is 4.90 Å². The van der Waals surface area contributed by atoms with Crippen LogP contribution in [0.5, 0.6) is 0 Å². The average molecular weight is 253 g/mol. The Morgan fingerprint density at radius 2 is 1.94 bits per heavy atom. The van der Waals surface area contributed by atoms with Gasteiger partial charge in [-0.2, -0.15) is 0 Å². The molecule has 0 aliphatic rings. The molecule has 0 bridgehead atoms. The van der Waals surface area contributed by atoms with Gasteiger partial charge in [0, 0.05) is 12.5 Å². The number of carbonyl (C=O) groups is 2. The summed E-state index contributed by atoms with van der Waals surface area (Å²) in [6.07, 6.45) is 0. The molecule has 5 nitrogen and oxygen atoms in total. The Morgan fingerprint density at radius 1 is 1.39 bits per heavy atom. The fraction of sp³-hybridized carbons (Fsp3) is 0.538. The Bertz CT molecular complexity index is 468. The Kier molecular flexibility index (Phi) is 3.84. The predicted molar refractivity (Wildman–Crippen MR) is 66.3 cm³/mol. The van der Waals surface area contributed by atoms with Gasteiger partial charge in [0.15, 0.2) is 0 Å². The van der Waals surface area contributed by atoms with E-state index in [4.69, 9.17) is 9.52 Å². The molecular formula is C13H19NO4. The van der Waals surface area contributed by atoms with Crippen LogP contribution < -0.4 is 0 Å². The molecule has 1 heterocycles. The van der Waals surface area contributed by atoms with Crippen LogP contribution >= 0.6 is 0 Å². The van der Waals surface area contributed by atoms with Gasteiger partial charge in [-0.3, -0.25) is 4.79 Å². The van der Waals surface area contributed by atoms with Gasteiger partial charge < -0.3 is 14.4 Å². The highest BCUT2D eigenvalue weighted by Crippen LogP contribution is 2.20. The van der Waals surface area contributed by atoms with Gasteiger partial charge in [0.25, 0.3) is 0 Å². The summed E-state index contributed by atoms with van der Waals surface area (Å²) in [5.74, 6) is -0.208. The number of rotatable bonds is 3. The molecule has 1 N–H and O–H groups in total. The van der Waals surface area contributed by atoms with Gasteiger partial charge in [0.05, 0.1) is 6.54 Å². The molecule has 0 fully saturated rings. The zero-order chi connectivity index (χ0) is 14.1. The molecule has 0 saturated heterocycles. The quantitative estimate of drug-likeness (QED) is 0.897. The summed E-state index contributed by atoms with van der Waals surface area (Å²) >= 11 is 0. The van der Waals surface area contributed by atoms with Crippen LogP contribution in [0.1, 0.15) is 42.6 Å². The van der Waals surface area contributed by atoms with Gasteiger partial charge in [-0.25, -0.2) is 4.79 Å². The average Bonchev–Trinajstić information content (AvgIpc) is 2.56. The molecule has 18 heavy (non-hydrogen) atoms. The second-order valence-electron chi connectivity index (χ2n) is 5.40. The summed E-state index contributed by atoms with van der Waals surface area (Å²) in [6.45, 7) is 7.37. The van der Waals surface area contributed by atoms with Crippen molar-refractivity contribution >= 4 is 11.9 Å². The molecule has 0 unspecified atom stereocenters. The lowest BCUT2D eigenvalue weighted by atomic mass is 9.95. The molecule has 1 aromatic heterocycles. The van der Waals surface area contributed by atoms with Crippen LogP contribution in [0.2, 0.25) is 0 Å². The minimum atomic E-state index is -1.02. The minimum absolute atomic E-state index is 0.0200. The second-order valence-corrected chi connectivity index (χ2v) is 5.40. The van der Waals surface area contributed by atoms with E-state index in [1.807, 2.05) is 20.8 Å². The lowest BCUT2D eigenvalue weighted by Crippen LogP contribution is -2.36. The summed E-state index contributed by atoms with van der Waals surface area (Å²) < 4.78 is 5.33. The van der Waals surface area contributed by atoms with Crippen LogP contribution in [-0.2, 0) is 11.3 Å². The molecule has 0 aliphatic carbocycles. The van der Waals surface area contributed by atoms with Crippen molar-refractivity contribution in [3.05, 3.63) is 23.2 Å². The van der Waals surface area contributed by atoms with E-state index in [-0.39, 0.29) is 18.0 Å². The van der Waals surface area contributed by atoms with E-state index in [1.54, 1.807) is 14.0 Å². The van der Waals surface area contributed by atoms with Crippen molar-refractivity contribution in [2.75, 3.05) is 7.05 Å². The second kappa shape index (κ2) is 4.84. The molecule has 0 radical (unpaired) electrons. The topological polar surface area (TPSA) is 70.8 Å². The lowest BCUT2D eigenvalue weighted by Gasteiger charge is -2.25. The van der Waals surface area contributed by atoms with E-state index in [9.17, 15) is 9.59 Å². The van der Waals surface area contributed by atoms with Crippen molar-refractivity contribution in [1.29, 1.82) is 0 Å². The number of hydrogen-bond acceptors (Lipinski definition) is 3. The lowest BCUT2D eigenvalue weighted by molar-refractivity contribution is -0.138. The van der Waals surface area contributed by atoms with Crippen molar-refractivity contribution in [3.63, 3.8) is 0 Å². The normalized spacial score (nSPS) is 11.4. The summed E-state index contributed by atoms with van der Waals surface area (Å²) in [5, 5.41) is 8.91. The molecule has 1 amide bonds. The Hall–Kier alpha value is -1.78. The van der Waals surface area contributed by atoms with Crippen LogP contribution in [0.25, 0.3) is 0 Å². The number of aromatic carboxylic acids is 1. The molecule has 0 saturated carbocycles. The molecule has 5 heteroatoms. The first kappa shape index (κ1) is 14.3. The maximum absolute atomic E-state index is 12.0. The standard InChI is InChI=1S/C13H19NO4/c1-8-10(11(15)16)6-9(18-8)7-14(5)12(17)13(2,3)4/h6H,7H2,1-5H3,(H,15,16). The maximum Gasteiger partial charge on any atom is 0.339 e. The number of carboxylic acids is 1. The van der Waals surface area contributed by atoms with E-state index in [0.29, 0.717) is 11.5 Å². The van der Waals surface area contributed by atoms with Gasteiger partial charge in [-0.1, -0.05) is 20.8 Å². The first-order valence-electron chi connectivity index (χ1n) is 5.71. The summed E-state index contributed by atoms with van der Waals surface area (Å²) in [5.41, 5.74) is -0.326. The van der Waals surface area contributed by atoms with Gasteiger partial charge >= 0.3 is 5.97 Å². The number of furan rings is 1. The first-order valence-corrected chi connectivity index (χ1v) is 5.71. The van der Waals surface area contributed by atoms with Crippen LogP contribution in [0.15, 0.2) is 10.5 Å². The number of hydrogen-bond donors (Lipinski definition) is 1. The third-order valence-electron chi connectivity index (χ3n) is 2.58. The van der Waals surface area contributed by atoms with Crippen molar-refractivity contribution in [2.24, 2.45) is 5.41 Å². The number of nitrogens with zero attached hydrogens (tertiary/aromatic N) is 1. The van der Waals surface area contributed by atoms with E-state index >= 15 is 0 Å². The number of carboxylic acid groups (broad SMARTS) is 1. The summed E-state index contributed by atoms with van der Waals surface area (Å²) in [7, 11) is 1.67. The molecule has 0 aliphatic heterocycles. The van der Waals surface area contributed by atoms with Crippen molar-refractivity contribution < 1.29 is 19.1 Å². The SMILES string of the molecule is Cc1oc(CN(C)C(=O)C(C)(C)C)cc1C(=O)O. The summed E-state index contributed by atoms with van der Waals surface area (Å²) in [4.78, 5) is 24.4. The molecule has 0 aromatic carbocycles. The largest absolute Gasteiger partial charge is 0.478 e. The third kappa shape index (κ3) is 3.12. The highest BCUT2D eigenvalue weighted by molar-refractivity contribution is 5.88. The predicted octanol–water partition coefficient (Wildman–Crippen LogP) is 2.29. The van der Waals surface area contributed by atoms with E-state index in [0.717, 1.165) is 0 Å². The number of carbonyl (C=O) groups excluding carboxylic acids is 1. The highest BCUT2D eigenvalue weighted by atomic mass is 16.4. The van der Waals surface area contributed by atoms with E-state index in [2.05, 4.69) is 0 Å². The monoisotopic (exact) mass is 253 g/mol. The van der Waals surface area contributed by atoms with Crippen LogP contribution in [0, 0.1) is 12.3 Å². The zero-order valence-corrected chi connectivity index (χ0v) is 11.4. The van der Waals surface area contributed by atoms with Crippen molar-refractivity contribution in [3.8, 4) is 0 Å². The molecule has 100 valence electrons. The van der Waals surface area contributed by atoms with Gasteiger partial charge in [-0.05, 0) is 13.0 Å². The molecule has 0 atom stereocenters. The first-order chi connectivity index (χ1) is 8.12. The van der Waals surface area contributed by atoms with Gasteiger partial charge in [-0.15, -0.1) is 0 Å². The highest BCUT2D eigenvalue weighted by Gasteiger charge is 2.26. The fourth-order valence-electron chi connectivity index (χ4n) is 1.71. The Morgan fingerprint density at radius 3 is 2.33 bits per heavy atom. The minimum Gasteiger partial charge on any atom is -0.478 e. The van der Waals surface area contributed by atoms with E-state index in [1.165, 1.54) is 11.0 Å². The smallest absolute Gasteiger partial charge is 0.339 e. The summed E-state index contributed by atoms with van der Waals surface area (Å²) in [6, 6.07) is 1.46. The number of aryl methyl sites for hydroxylation is 1. The molecular weight excluding hydrogens is 234 g/mol. The zero-order valence-electron chi connectivity index (χ0n) is 11.4. The molecule has 0 spiro atoms. The number of amides is 1. The van der Waals surface area contributed by atoms with Crippen LogP contribution in [-0.4, -0.2) is 28.9 Å². The third-order valence-corrected chi connectivity index (χ3v) is 2.58. The van der Waals surface area contributed by atoms with Crippen molar-refractivity contribution in [2.45, 2.75) is 34.2 Å².